The highest BCUT2D eigenvalue weighted by Crippen LogP contribution is 2.12. The molecule has 3 nitrogen and oxygen atoms in total. The van der Waals surface area contributed by atoms with Crippen molar-refractivity contribution in [3.8, 4) is 0 Å². The van der Waals surface area contributed by atoms with E-state index in [0.29, 0.717) is 6.54 Å². The van der Waals surface area contributed by atoms with Gasteiger partial charge in [-0.2, -0.15) is 0 Å². The predicted molar refractivity (Wildman–Crippen MR) is 74.2 cm³/mol. The van der Waals surface area contributed by atoms with Gasteiger partial charge in [-0.25, -0.2) is 0 Å². The largest absolute Gasteiger partial charge is 0.304 e. The standard InChI is InChI=1S/C15H22N2O/c1-12-4-5-13(2)14(10-12)15(18)11-17-8-6-16(3)7-9-17/h4-5,10H,6-9,11H2,1-3H3. The zero-order valence-corrected chi connectivity index (χ0v) is 11.6. The quantitative estimate of drug-likeness (QED) is 0.759. The molecule has 0 N–H and O–H groups in total. The van der Waals surface area contributed by atoms with Crippen molar-refractivity contribution in [3.63, 3.8) is 0 Å². The van der Waals surface area contributed by atoms with Crippen molar-refractivity contribution in [2.75, 3.05) is 39.8 Å². The third kappa shape index (κ3) is 3.18. The van der Waals surface area contributed by atoms with E-state index in [1.807, 2.05) is 26.0 Å². The van der Waals surface area contributed by atoms with Gasteiger partial charge in [-0.1, -0.05) is 17.7 Å². The zero-order chi connectivity index (χ0) is 13.1. The van der Waals surface area contributed by atoms with E-state index in [1.165, 1.54) is 0 Å². The molecule has 1 heterocycles. The number of nitrogens with zero attached hydrogens (tertiary/aromatic N) is 2. The first-order valence-electron chi connectivity index (χ1n) is 6.57. The molecule has 0 atom stereocenters. The fourth-order valence-corrected chi connectivity index (χ4v) is 2.33. The van der Waals surface area contributed by atoms with Gasteiger partial charge in [-0.15, -0.1) is 0 Å². The van der Waals surface area contributed by atoms with Gasteiger partial charge in [0.1, 0.15) is 0 Å². The minimum absolute atomic E-state index is 0.251. The first-order valence-corrected chi connectivity index (χ1v) is 6.57. The molecule has 0 spiro atoms. The highest BCUT2D eigenvalue weighted by molar-refractivity contribution is 5.99. The van der Waals surface area contributed by atoms with E-state index in [9.17, 15) is 4.79 Å². The van der Waals surface area contributed by atoms with Crippen molar-refractivity contribution < 1.29 is 4.79 Å². The first-order chi connectivity index (χ1) is 8.56. The Bertz CT molecular complexity index is 434. The number of carbonyl (C=O) groups excluding carboxylic acids is 1. The number of hydrogen-bond acceptors (Lipinski definition) is 3. The predicted octanol–water partition coefficient (Wildman–Crippen LogP) is 1.73. The molecular formula is C15H22N2O. The van der Waals surface area contributed by atoms with E-state index in [2.05, 4.69) is 22.9 Å². The molecule has 0 aromatic heterocycles. The van der Waals surface area contributed by atoms with Crippen molar-refractivity contribution in [1.82, 2.24) is 9.80 Å². The Hall–Kier alpha value is -1.19. The maximum Gasteiger partial charge on any atom is 0.177 e. The molecule has 1 aliphatic heterocycles. The summed E-state index contributed by atoms with van der Waals surface area (Å²) in [6.07, 6.45) is 0. The van der Waals surface area contributed by atoms with Gasteiger partial charge < -0.3 is 4.90 Å². The minimum Gasteiger partial charge on any atom is -0.304 e. The Kier molecular flexibility index (Phi) is 4.15. The van der Waals surface area contributed by atoms with Crippen LogP contribution in [0.25, 0.3) is 0 Å². The molecule has 2 rings (SSSR count). The Balaban J connectivity index is 2.01. The molecule has 0 aliphatic carbocycles. The molecule has 1 saturated heterocycles. The number of likely N-dealkylation sites (N-methyl/N-ethyl adjacent to an activating group) is 1. The first kappa shape index (κ1) is 13.2. The molecule has 0 amide bonds. The Morgan fingerprint density at radius 2 is 1.83 bits per heavy atom. The van der Waals surface area contributed by atoms with Gasteiger partial charge in [0.15, 0.2) is 5.78 Å². The third-order valence-electron chi connectivity index (χ3n) is 3.66. The topological polar surface area (TPSA) is 23.6 Å². The van der Waals surface area contributed by atoms with Gasteiger partial charge in [0, 0.05) is 31.7 Å². The van der Waals surface area contributed by atoms with Gasteiger partial charge in [0.2, 0.25) is 0 Å². The van der Waals surface area contributed by atoms with Crippen LogP contribution in [0.1, 0.15) is 21.5 Å². The monoisotopic (exact) mass is 246 g/mol. The number of hydrogen-bond donors (Lipinski definition) is 0. The summed E-state index contributed by atoms with van der Waals surface area (Å²) in [7, 11) is 2.13. The second-order valence-corrected chi connectivity index (χ2v) is 5.32. The van der Waals surface area contributed by atoms with Crippen molar-refractivity contribution in [1.29, 1.82) is 0 Å². The Labute approximate surface area is 109 Å². The molecule has 1 aliphatic rings. The summed E-state index contributed by atoms with van der Waals surface area (Å²) in [6.45, 7) is 8.70. The SMILES string of the molecule is Cc1ccc(C)c(C(=O)CN2CCN(C)CC2)c1. The molecule has 0 bridgehead atoms. The smallest absolute Gasteiger partial charge is 0.177 e. The van der Waals surface area contributed by atoms with Crippen LogP contribution in [0.2, 0.25) is 0 Å². The second-order valence-electron chi connectivity index (χ2n) is 5.32. The maximum atomic E-state index is 12.3. The van der Waals surface area contributed by atoms with E-state index in [0.717, 1.165) is 42.9 Å². The van der Waals surface area contributed by atoms with Gasteiger partial charge in [0.25, 0.3) is 0 Å². The molecule has 98 valence electrons. The van der Waals surface area contributed by atoms with Crippen LogP contribution < -0.4 is 0 Å². The summed E-state index contributed by atoms with van der Waals surface area (Å²) in [4.78, 5) is 16.9. The van der Waals surface area contributed by atoms with Crippen LogP contribution in [-0.4, -0.2) is 55.4 Å². The molecule has 0 radical (unpaired) electrons. The van der Waals surface area contributed by atoms with Crippen LogP contribution in [0.4, 0.5) is 0 Å². The van der Waals surface area contributed by atoms with Gasteiger partial charge in [-0.05, 0) is 32.5 Å². The van der Waals surface area contributed by atoms with Gasteiger partial charge >= 0.3 is 0 Å². The fraction of sp³-hybridized carbons (Fsp3) is 0.533. The number of carbonyl (C=O) groups is 1. The molecule has 0 unspecified atom stereocenters. The molecule has 1 fully saturated rings. The fourth-order valence-electron chi connectivity index (χ4n) is 2.33. The normalized spacial score (nSPS) is 17.9. The number of Topliss-reactive ketones (excluding diaryl/α,β-unsaturated/α-hetero) is 1. The number of piperazine rings is 1. The lowest BCUT2D eigenvalue weighted by Crippen LogP contribution is -2.46. The summed E-state index contributed by atoms with van der Waals surface area (Å²) >= 11 is 0. The molecule has 1 aromatic carbocycles. The molecule has 1 aromatic rings. The number of ketones is 1. The maximum absolute atomic E-state index is 12.3. The summed E-state index contributed by atoms with van der Waals surface area (Å²) in [5, 5.41) is 0. The van der Waals surface area contributed by atoms with E-state index < -0.39 is 0 Å². The van der Waals surface area contributed by atoms with Crippen molar-refractivity contribution in [2.45, 2.75) is 13.8 Å². The highest BCUT2D eigenvalue weighted by Gasteiger charge is 2.18. The summed E-state index contributed by atoms with van der Waals surface area (Å²) < 4.78 is 0. The van der Waals surface area contributed by atoms with Crippen LogP contribution in [-0.2, 0) is 0 Å². The third-order valence-corrected chi connectivity index (χ3v) is 3.66. The lowest BCUT2D eigenvalue weighted by Gasteiger charge is -2.31. The van der Waals surface area contributed by atoms with E-state index in [1.54, 1.807) is 0 Å². The molecule has 0 saturated carbocycles. The van der Waals surface area contributed by atoms with Crippen LogP contribution in [0.3, 0.4) is 0 Å². The summed E-state index contributed by atoms with van der Waals surface area (Å²) in [6, 6.07) is 6.10. The molecule has 18 heavy (non-hydrogen) atoms. The van der Waals surface area contributed by atoms with Crippen LogP contribution in [0.5, 0.6) is 0 Å². The average molecular weight is 246 g/mol. The highest BCUT2D eigenvalue weighted by atomic mass is 16.1. The van der Waals surface area contributed by atoms with Gasteiger partial charge in [0.05, 0.1) is 6.54 Å². The van der Waals surface area contributed by atoms with Gasteiger partial charge in [-0.3, -0.25) is 9.69 Å². The van der Waals surface area contributed by atoms with Crippen molar-refractivity contribution >= 4 is 5.78 Å². The van der Waals surface area contributed by atoms with Crippen LogP contribution in [0, 0.1) is 13.8 Å². The van der Waals surface area contributed by atoms with Crippen LogP contribution >= 0.6 is 0 Å². The number of benzene rings is 1. The van der Waals surface area contributed by atoms with Crippen LogP contribution in [0.15, 0.2) is 18.2 Å². The van der Waals surface area contributed by atoms with Crippen molar-refractivity contribution in [3.05, 3.63) is 34.9 Å². The van der Waals surface area contributed by atoms with E-state index in [-0.39, 0.29) is 5.78 Å². The average Bonchev–Trinajstić information content (AvgIpc) is 2.35. The van der Waals surface area contributed by atoms with E-state index >= 15 is 0 Å². The lowest BCUT2D eigenvalue weighted by atomic mass is 10.0. The summed E-state index contributed by atoms with van der Waals surface area (Å²) in [5.41, 5.74) is 3.12. The Morgan fingerprint density at radius 3 is 2.50 bits per heavy atom. The molecular weight excluding hydrogens is 224 g/mol. The summed E-state index contributed by atoms with van der Waals surface area (Å²) in [5.74, 6) is 0.251. The second kappa shape index (κ2) is 5.63. The number of aryl methyl sites for hydroxylation is 2. The Morgan fingerprint density at radius 1 is 1.17 bits per heavy atom. The zero-order valence-electron chi connectivity index (χ0n) is 11.6. The van der Waals surface area contributed by atoms with Crippen molar-refractivity contribution in [2.24, 2.45) is 0 Å². The van der Waals surface area contributed by atoms with E-state index in [4.69, 9.17) is 0 Å². The minimum atomic E-state index is 0.251. The lowest BCUT2D eigenvalue weighted by molar-refractivity contribution is 0.0876. The number of rotatable bonds is 3. The molecule has 3 heteroatoms.